The van der Waals surface area contributed by atoms with Crippen molar-refractivity contribution in [2.24, 2.45) is 5.92 Å². The third kappa shape index (κ3) is 7.52. The number of carbonyl (C=O) groups excluding carboxylic acids is 1. The minimum atomic E-state index is -0.567. The number of hydrogen-bond donors (Lipinski definition) is 2. The molecule has 8 heteroatoms. The van der Waals surface area contributed by atoms with Crippen LogP contribution in [0, 0.1) is 5.92 Å². The molecule has 1 saturated heterocycles. The van der Waals surface area contributed by atoms with E-state index in [4.69, 9.17) is 18.9 Å². The van der Waals surface area contributed by atoms with Gasteiger partial charge in [0.2, 0.25) is 5.91 Å². The second kappa shape index (κ2) is 14.7. The number of nitrogens with one attached hydrogen (secondary N) is 1. The fourth-order valence-electron chi connectivity index (χ4n) is 6.63. The first kappa shape index (κ1) is 32.7. The first-order valence-electron chi connectivity index (χ1n) is 16.3. The van der Waals surface area contributed by atoms with Crippen molar-refractivity contribution >= 4 is 5.91 Å². The lowest BCUT2D eigenvalue weighted by Gasteiger charge is -2.43. The van der Waals surface area contributed by atoms with E-state index < -0.39 is 6.29 Å². The van der Waals surface area contributed by atoms with E-state index in [9.17, 15) is 9.90 Å². The van der Waals surface area contributed by atoms with Crippen molar-refractivity contribution < 1.29 is 28.8 Å². The van der Waals surface area contributed by atoms with Crippen LogP contribution in [-0.2, 0) is 40.4 Å². The van der Waals surface area contributed by atoms with Gasteiger partial charge in [0.1, 0.15) is 0 Å². The molecule has 0 spiro atoms. The van der Waals surface area contributed by atoms with Crippen molar-refractivity contribution in [2.75, 3.05) is 27.3 Å². The number of carbonyl (C=O) groups is 1. The molecule has 0 bridgehead atoms. The van der Waals surface area contributed by atoms with Crippen LogP contribution in [0.15, 0.2) is 84.9 Å². The molecule has 246 valence electrons. The number of aliphatic hydroxyl groups is 1. The van der Waals surface area contributed by atoms with Gasteiger partial charge in [0.05, 0.1) is 33.0 Å². The van der Waals surface area contributed by atoms with Crippen LogP contribution in [0.25, 0.3) is 11.1 Å². The predicted octanol–water partition coefficient (Wildman–Crippen LogP) is 6.35. The Morgan fingerprint density at radius 2 is 1.57 bits per heavy atom. The molecule has 0 aromatic heterocycles. The number of fused-ring (bicyclic) bond motifs is 1. The molecule has 1 amide bonds. The lowest BCUT2D eigenvalue weighted by molar-refractivity contribution is -0.276. The summed E-state index contributed by atoms with van der Waals surface area (Å²) >= 11 is 0. The van der Waals surface area contributed by atoms with Gasteiger partial charge in [-0.05, 0) is 69.6 Å². The molecule has 2 N–H and O–H groups in total. The fourth-order valence-corrected chi connectivity index (χ4v) is 6.63. The molecule has 4 atom stereocenters. The Bertz CT molecular complexity index is 1690. The van der Waals surface area contributed by atoms with Crippen molar-refractivity contribution in [1.29, 1.82) is 0 Å². The number of benzene rings is 4. The lowest BCUT2D eigenvalue weighted by atomic mass is 9.89. The average molecular weight is 637 g/mol. The first-order valence-corrected chi connectivity index (χ1v) is 16.3. The number of amides is 1. The number of aliphatic hydroxyl groups excluding tert-OH is 1. The zero-order chi connectivity index (χ0) is 32.9. The monoisotopic (exact) mass is 636 g/mol. The van der Waals surface area contributed by atoms with Gasteiger partial charge in [-0.2, -0.15) is 0 Å². The van der Waals surface area contributed by atoms with Gasteiger partial charge in [-0.15, -0.1) is 0 Å². The van der Waals surface area contributed by atoms with Crippen molar-refractivity contribution in [3.63, 3.8) is 0 Å². The van der Waals surface area contributed by atoms with Crippen LogP contribution in [-0.4, -0.2) is 49.3 Å². The maximum atomic E-state index is 11.5. The van der Waals surface area contributed by atoms with Gasteiger partial charge in [-0.25, -0.2) is 0 Å². The topological polar surface area (TPSA) is 89.5 Å². The molecular weight excluding hydrogens is 592 g/mol. The summed E-state index contributed by atoms with van der Waals surface area (Å²) in [6.45, 7) is 6.68. The molecule has 2 heterocycles. The van der Waals surface area contributed by atoms with E-state index in [2.05, 4.69) is 71.7 Å². The highest BCUT2D eigenvalue weighted by Crippen LogP contribution is 2.43. The second-order valence-electron chi connectivity index (χ2n) is 12.5. The van der Waals surface area contributed by atoms with Crippen molar-refractivity contribution in [3.8, 4) is 22.6 Å². The Kier molecular flexibility index (Phi) is 10.2. The molecule has 4 aromatic rings. The van der Waals surface area contributed by atoms with E-state index in [0.717, 1.165) is 70.9 Å². The molecule has 8 nitrogen and oxygen atoms in total. The number of nitrogens with zero attached hydrogens (tertiary/aromatic N) is 1. The Hall–Kier alpha value is -4.21. The molecule has 0 unspecified atom stereocenters. The van der Waals surface area contributed by atoms with Gasteiger partial charge in [0.25, 0.3) is 0 Å². The molecule has 0 saturated carbocycles. The molecule has 4 aromatic carbocycles. The molecule has 2 aliphatic heterocycles. The van der Waals surface area contributed by atoms with E-state index >= 15 is 0 Å². The maximum Gasteiger partial charge on any atom is 0.217 e. The van der Waals surface area contributed by atoms with E-state index in [1.165, 1.54) is 18.1 Å². The molecule has 0 aliphatic carbocycles. The number of rotatable bonds is 10. The van der Waals surface area contributed by atoms with Gasteiger partial charge in [-0.1, -0.05) is 67.6 Å². The van der Waals surface area contributed by atoms with Gasteiger partial charge in [0, 0.05) is 44.6 Å². The summed E-state index contributed by atoms with van der Waals surface area (Å²) < 4.78 is 24.8. The highest BCUT2D eigenvalue weighted by atomic mass is 16.7. The van der Waals surface area contributed by atoms with E-state index in [1.807, 2.05) is 30.3 Å². The summed E-state index contributed by atoms with van der Waals surface area (Å²) in [4.78, 5) is 13.9. The van der Waals surface area contributed by atoms with Crippen LogP contribution < -0.4 is 14.8 Å². The summed E-state index contributed by atoms with van der Waals surface area (Å²) in [5.41, 5.74) is 8.56. The van der Waals surface area contributed by atoms with Crippen LogP contribution in [0.5, 0.6) is 11.5 Å². The van der Waals surface area contributed by atoms with Gasteiger partial charge >= 0.3 is 0 Å². The molecular formula is C39H44N2O6. The summed E-state index contributed by atoms with van der Waals surface area (Å²) in [6.07, 6.45) is 0.0639. The third-order valence-electron chi connectivity index (χ3n) is 9.32. The second-order valence-corrected chi connectivity index (χ2v) is 12.5. The summed E-state index contributed by atoms with van der Waals surface area (Å²) in [6, 6.07) is 28.8. The number of hydrogen-bond acceptors (Lipinski definition) is 7. The summed E-state index contributed by atoms with van der Waals surface area (Å²) in [5, 5.41) is 12.5. The normalized spacial score (nSPS) is 21.1. The Morgan fingerprint density at radius 1 is 0.872 bits per heavy atom. The first-order chi connectivity index (χ1) is 22.8. The minimum absolute atomic E-state index is 0.00161. The van der Waals surface area contributed by atoms with Crippen LogP contribution in [0.2, 0.25) is 0 Å². The van der Waals surface area contributed by atoms with Gasteiger partial charge in [-0.3, -0.25) is 9.69 Å². The van der Waals surface area contributed by atoms with E-state index in [-0.39, 0.29) is 30.6 Å². The van der Waals surface area contributed by atoms with E-state index in [1.54, 1.807) is 14.2 Å². The Labute approximate surface area is 277 Å². The summed E-state index contributed by atoms with van der Waals surface area (Å²) in [7, 11) is 3.35. The zero-order valence-corrected chi connectivity index (χ0v) is 27.6. The quantitative estimate of drug-likeness (QED) is 0.210. The minimum Gasteiger partial charge on any atom is -0.493 e. The standard InChI is InChI=1S/C39H44N2O6/c1-25-37(23-41-16-15-32-19-35(44-3)36(45-4)20-34(32)22-41)46-39(47-38(25)29-13-11-27(24-42)12-14-29)33-10-6-9-31(18-33)30-8-5-7-28(17-30)21-40-26(2)43/h5-14,17-20,25,37-39,42H,15-16,21-24H2,1-4H3,(H,40,43)/t25-,37+,38+,39+/m1/s1. The SMILES string of the molecule is COc1cc2c(cc1OC)CN(C[C@@H]1O[C@H](c3cccc(-c4cccc(CNC(C)=O)c4)c3)O[C@H](c3ccc(CO)cc3)[C@@H]1C)CC2. The summed E-state index contributed by atoms with van der Waals surface area (Å²) in [5.74, 6) is 1.53. The predicted molar refractivity (Wildman–Crippen MR) is 181 cm³/mol. The van der Waals surface area contributed by atoms with Crippen LogP contribution in [0.3, 0.4) is 0 Å². The van der Waals surface area contributed by atoms with Crippen LogP contribution in [0.1, 0.15) is 59.6 Å². The number of ether oxygens (including phenoxy) is 4. The van der Waals surface area contributed by atoms with E-state index in [0.29, 0.717) is 6.54 Å². The highest BCUT2D eigenvalue weighted by molar-refractivity contribution is 5.73. The smallest absolute Gasteiger partial charge is 0.217 e. The largest absolute Gasteiger partial charge is 0.493 e. The van der Waals surface area contributed by atoms with Gasteiger partial charge < -0.3 is 29.4 Å². The van der Waals surface area contributed by atoms with Crippen LogP contribution >= 0.6 is 0 Å². The highest BCUT2D eigenvalue weighted by Gasteiger charge is 2.39. The Balaban J connectivity index is 1.27. The third-order valence-corrected chi connectivity index (χ3v) is 9.32. The molecule has 1 fully saturated rings. The molecule has 2 aliphatic rings. The molecule has 47 heavy (non-hydrogen) atoms. The van der Waals surface area contributed by atoms with Gasteiger partial charge in [0.15, 0.2) is 17.8 Å². The fraction of sp³-hybridized carbons (Fsp3) is 0.359. The van der Waals surface area contributed by atoms with Crippen LogP contribution in [0.4, 0.5) is 0 Å². The lowest BCUT2D eigenvalue weighted by Crippen LogP contribution is -2.45. The molecule has 6 rings (SSSR count). The zero-order valence-electron chi connectivity index (χ0n) is 27.6. The Morgan fingerprint density at radius 3 is 2.28 bits per heavy atom. The molecule has 0 radical (unpaired) electrons. The van der Waals surface area contributed by atoms with Crippen molar-refractivity contribution in [3.05, 3.63) is 118 Å². The number of methoxy groups -OCH3 is 2. The maximum absolute atomic E-state index is 11.5. The van der Waals surface area contributed by atoms with Crippen molar-refractivity contribution in [2.45, 2.75) is 58.5 Å². The average Bonchev–Trinajstić information content (AvgIpc) is 3.11. The van der Waals surface area contributed by atoms with Crippen molar-refractivity contribution in [1.82, 2.24) is 10.2 Å².